The zero-order chi connectivity index (χ0) is 21.1. The maximum atomic E-state index is 12.7. The lowest BCUT2D eigenvalue weighted by Gasteiger charge is -2.29. The van der Waals surface area contributed by atoms with E-state index in [1.165, 1.54) is 4.90 Å². The van der Waals surface area contributed by atoms with Gasteiger partial charge in [0.1, 0.15) is 17.8 Å². The van der Waals surface area contributed by atoms with E-state index < -0.39 is 36.5 Å². The van der Waals surface area contributed by atoms with E-state index >= 15 is 0 Å². The normalized spacial score (nSPS) is 19.4. The Morgan fingerprint density at radius 3 is 2.76 bits per heavy atom. The molecule has 0 aromatic heterocycles. The SMILES string of the molecule is CC[C@H](NC(=O)COc1cccc2c1CN(C1CCC(=O)NC1=O)C2=O)C(=O)O. The zero-order valence-electron chi connectivity index (χ0n) is 15.8. The molecule has 0 spiro atoms. The second kappa shape index (κ2) is 8.29. The third kappa shape index (κ3) is 4.20. The van der Waals surface area contributed by atoms with E-state index in [1.807, 2.05) is 0 Å². The fourth-order valence-corrected chi connectivity index (χ4v) is 3.41. The van der Waals surface area contributed by atoms with Crippen molar-refractivity contribution in [3.63, 3.8) is 0 Å². The lowest BCUT2D eigenvalue weighted by Crippen LogP contribution is -2.52. The fourth-order valence-electron chi connectivity index (χ4n) is 3.41. The average Bonchev–Trinajstić information content (AvgIpc) is 3.01. The Hall–Kier alpha value is -3.43. The van der Waals surface area contributed by atoms with Gasteiger partial charge in [-0.1, -0.05) is 13.0 Å². The Balaban J connectivity index is 1.69. The Bertz CT molecular complexity index is 883. The van der Waals surface area contributed by atoms with Gasteiger partial charge in [0.05, 0.1) is 6.54 Å². The van der Waals surface area contributed by atoms with E-state index in [2.05, 4.69) is 10.6 Å². The van der Waals surface area contributed by atoms with Crippen LogP contribution in [0.3, 0.4) is 0 Å². The number of hydrogen-bond donors (Lipinski definition) is 3. The lowest BCUT2D eigenvalue weighted by atomic mass is 10.0. The molecule has 10 nitrogen and oxygen atoms in total. The van der Waals surface area contributed by atoms with Crippen molar-refractivity contribution in [1.82, 2.24) is 15.5 Å². The van der Waals surface area contributed by atoms with Gasteiger partial charge in [0.25, 0.3) is 11.8 Å². The lowest BCUT2D eigenvalue weighted by molar-refractivity contribution is -0.142. The second-order valence-electron chi connectivity index (χ2n) is 6.84. The number of carboxylic acid groups (broad SMARTS) is 1. The molecule has 3 N–H and O–H groups in total. The minimum Gasteiger partial charge on any atom is -0.483 e. The van der Waals surface area contributed by atoms with E-state index in [0.717, 1.165) is 0 Å². The number of carbonyl (C=O) groups excluding carboxylic acids is 4. The molecular formula is C19H21N3O7. The number of carbonyl (C=O) groups is 5. The van der Waals surface area contributed by atoms with Gasteiger partial charge in [-0.15, -0.1) is 0 Å². The maximum absolute atomic E-state index is 12.7. The summed E-state index contributed by atoms with van der Waals surface area (Å²) in [4.78, 5) is 60.6. The minimum atomic E-state index is -1.13. The van der Waals surface area contributed by atoms with Crippen molar-refractivity contribution in [3.05, 3.63) is 29.3 Å². The summed E-state index contributed by atoms with van der Waals surface area (Å²) in [5, 5.41) is 13.6. The highest BCUT2D eigenvalue weighted by Gasteiger charge is 2.40. The number of ether oxygens (including phenoxy) is 1. The summed E-state index contributed by atoms with van der Waals surface area (Å²) in [6.45, 7) is 1.34. The van der Waals surface area contributed by atoms with Gasteiger partial charge in [-0.05, 0) is 25.0 Å². The standard InChI is InChI=1S/C19H21N3O7/c1-2-12(19(27)28)20-16(24)9-29-14-5-3-4-10-11(14)8-22(18(10)26)13-6-7-15(23)21-17(13)25/h3-5,12-13H,2,6-9H2,1H3,(H,20,24)(H,27,28)(H,21,23,25)/t12-,13?/m0/s1. The van der Waals surface area contributed by atoms with Crippen LogP contribution in [0.1, 0.15) is 42.1 Å². The topological polar surface area (TPSA) is 142 Å². The number of amides is 4. The number of carboxylic acids is 1. The van der Waals surface area contributed by atoms with Crippen LogP contribution in [0.25, 0.3) is 0 Å². The van der Waals surface area contributed by atoms with Crippen molar-refractivity contribution in [2.24, 2.45) is 0 Å². The number of hydrogen-bond acceptors (Lipinski definition) is 6. The van der Waals surface area contributed by atoms with Crippen molar-refractivity contribution in [2.45, 2.75) is 44.8 Å². The number of fused-ring (bicyclic) bond motifs is 1. The average molecular weight is 403 g/mol. The quantitative estimate of drug-likeness (QED) is 0.536. The molecule has 0 saturated carbocycles. The van der Waals surface area contributed by atoms with Crippen LogP contribution in [0.5, 0.6) is 5.75 Å². The van der Waals surface area contributed by atoms with Crippen LogP contribution in [-0.4, -0.2) is 58.3 Å². The predicted molar refractivity (Wildman–Crippen MR) is 97.8 cm³/mol. The van der Waals surface area contributed by atoms with E-state index in [-0.39, 0.29) is 37.6 Å². The van der Waals surface area contributed by atoms with Crippen LogP contribution in [0, 0.1) is 0 Å². The van der Waals surface area contributed by atoms with Crippen molar-refractivity contribution in [1.29, 1.82) is 0 Å². The molecule has 1 saturated heterocycles. The number of piperidine rings is 1. The first-order valence-corrected chi connectivity index (χ1v) is 9.23. The molecule has 0 radical (unpaired) electrons. The van der Waals surface area contributed by atoms with Crippen LogP contribution in [0.15, 0.2) is 18.2 Å². The summed E-state index contributed by atoms with van der Waals surface area (Å²) in [6.07, 6.45) is 0.635. The number of nitrogens with zero attached hydrogens (tertiary/aromatic N) is 1. The minimum absolute atomic E-state index is 0.116. The zero-order valence-corrected chi connectivity index (χ0v) is 15.8. The van der Waals surface area contributed by atoms with Crippen LogP contribution < -0.4 is 15.4 Å². The van der Waals surface area contributed by atoms with Crippen molar-refractivity contribution < 1.29 is 33.8 Å². The third-order valence-electron chi connectivity index (χ3n) is 4.94. The Kier molecular flexibility index (Phi) is 5.81. The molecule has 3 rings (SSSR count). The third-order valence-corrected chi connectivity index (χ3v) is 4.94. The smallest absolute Gasteiger partial charge is 0.326 e. The largest absolute Gasteiger partial charge is 0.483 e. The Morgan fingerprint density at radius 1 is 1.34 bits per heavy atom. The predicted octanol–water partition coefficient (Wildman–Crippen LogP) is -0.194. The van der Waals surface area contributed by atoms with Gasteiger partial charge in [-0.25, -0.2) is 4.79 Å². The summed E-state index contributed by atoms with van der Waals surface area (Å²) >= 11 is 0. The first-order chi connectivity index (χ1) is 13.8. The Morgan fingerprint density at radius 2 is 2.10 bits per heavy atom. The van der Waals surface area contributed by atoms with Gasteiger partial charge < -0.3 is 20.1 Å². The maximum Gasteiger partial charge on any atom is 0.326 e. The summed E-state index contributed by atoms with van der Waals surface area (Å²) in [5.74, 6) is -2.64. The Labute approximate surface area is 166 Å². The van der Waals surface area contributed by atoms with Crippen molar-refractivity contribution >= 4 is 29.6 Å². The summed E-state index contributed by atoms with van der Waals surface area (Å²) in [5.41, 5.74) is 0.907. The van der Waals surface area contributed by atoms with Crippen LogP contribution in [-0.2, 0) is 25.7 Å². The molecule has 4 amide bonds. The molecule has 2 atom stereocenters. The van der Waals surface area contributed by atoms with E-state index in [1.54, 1.807) is 25.1 Å². The summed E-state index contributed by atoms with van der Waals surface area (Å²) in [6, 6.07) is 3.06. The molecule has 29 heavy (non-hydrogen) atoms. The van der Waals surface area contributed by atoms with E-state index in [0.29, 0.717) is 16.9 Å². The molecule has 2 aliphatic heterocycles. The van der Waals surface area contributed by atoms with Crippen molar-refractivity contribution in [3.8, 4) is 5.75 Å². The van der Waals surface area contributed by atoms with Crippen LogP contribution >= 0.6 is 0 Å². The second-order valence-corrected chi connectivity index (χ2v) is 6.84. The van der Waals surface area contributed by atoms with E-state index in [9.17, 15) is 24.0 Å². The van der Waals surface area contributed by atoms with Gasteiger partial charge in [-0.2, -0.15) is 0 Å². The fraction of sp³-hybridized carbons (Fsp3) is 0.421. The highest BCUT2D eigenvalue weighted by Crippen LogP contribution is 2.33. The molecule has 1 aromatic carbocycles. The molecule has 154 valence electrons. The molecule has 2 heterocycles. The molecular weight excluding hydrogens is 382 g/mol. The number of nitrogens with one attached hydrogen (secondary N) is 2. The number of benzene rings is 1. The molecule has 0 aliphatic carbocycles. The molecule has 10 heteroatoms. The molecule has 1 fully saturated rings. The highest BCUT2D eigenvalue weighted by molar-refractivity contribution is 6.05. The molecule has 1 aromatic rings. The monoisotopic (exact) mass is 403 g/mol. The number of aliphatic carboxylic acids is 1. The van der Waals surface area contributed by atoms with Gasteiger partial charge >= 0.3 is 5.97 Å². The van der Waals surface area contributed by atoms with Gasteiger partial charge in [-0.3, -0.25) is 24.5 Å². The molecule has 1 unspecified atom stereocenters. The first kappa shape index (κ1) is 20.3. The van der Waals surface area contributed by atoms with Gasteiger partial charge in [0.2, 0.25) is 11.8 Å². The van der Waals surface area contributed by atoms with Crippen LogP contribution in [0.2, 0.25) is 0 Å². The molecule has 2 aliphatic rings. The van der Waals surface area contributed by atoms with E-state index in [4.69, 9.17) is 9.84 Å². The molecule has 0 bridgehead atoms. The first-order valence-electron chi connectivity index (χ1n) is 9.23. The number of rotatable bonds is 7. The van der Waals surface area contributed by atoms with Gasteiger partial charge in [0, 0.05) is 17.5 Å². The van der Waals surface area contributed by atoms with Crippen LogP contribution in [0.4, 0.5) is 0 Å². The highest BCUT2D eigenvalue weighted by atomic mass is 16.5. The summed E-state index contributed by atoms with van der Waals surface area (Å²) in [7, 11) is 0. The summed E-state index contributed by atoms with van der Waals surface area (Å²) < 4.78 is 5.53. The van der Waals surface area contributed by atoms with Crippen molar-refractivity contribution in [2.75, 3.05) is 6.61 Å². The number of imide groups is 1. The van der Waals surface area contributed by atoms with Gasteiger partial charge in [0.15, 0.2) is 6.61 Å².